The Bertz CT molecular complexity index is 959. The molecule has 150 valence electrons. The van der Waals surface area contributed by atoms with E-state index in [-0.39, 0.29) is 17.6 Å². The number of nitrogens with zero attached hydrogens (tertiary/aromatic N) is 2. The van der Waals surface area contributed by atoms with Crippen LogP contribution in [0.1, 0.15) is 50.7 Å². The van der Waals surface area contributed by atoms with Gasteiger partial charge in [-0.25, -0.2) is 4.98 Å². The Morgan fingerprint density at radius 3 is 2.72 bits per heavy atom. The second-order valence-electron chi connectivity index (χ2n) is 6.78. The van der Waals surface area contributed by atoms with Crippen molar-refractivity contribution < 1.29 is 19.1 Å². The van der Waals surface area contributed by atoms with Gasteiger partial charge in [-0.1, -0.05) is 17.9 Å². The zero-order valence-corrected chi connectivity index (χ0v) is 16.7. The maximum atomic E-state index is 13.1. The van der Waals surface area contributed by atoms with Crippen LogP contribution in [0.4, 0.5) is 5.13 Å². The molecule has 0 atom stereocenters. The van der Waals surface area contributed by atoms with E-state index in [0.717, 1.165) is 6.42 Å². The molecule has 7 nitrogen and oxygen atoms in total. The van der Waals surface area contributed by atoms with Crippen molar-refractivity contribution in [2.24, 2.45) is 5.92 Å². The van der Waals surface area contributed by atoms with Gasteiger partial charge in [-0.3, -0.25) is 19.9 Å². The fourth-order valence-electron chi connectivity index (χ4n) is 3.27. The minimum absolute atomic E-state index is 0.0368. The number of thiazole rings is 1. The number of aromatic nitrogens is 2. The summed E-state index contributed by atoms with van der Waals surface area (Å²) in [7, 11) is 0. The normalized spacial score (nSPS) is 16.8. The molecule has 2 aliphatic rings. The zero-order valence-electron chi connectivity index (χ0n) is 15.8. The fourth-order valence-corrected chi connectivity index (χ4v) is 4.25. The molecule has 4 heterocycles. The molecular weight excluding hydrogens is 390 g/mol. The highest BCUT2D eigenvalue weighted by Crippen LogP contribution is 2.34. The summed E-state index contributed by atoms with van der Waals surface area (Å²) >= 11 is 1.19. The number of pyridine rings is 1. The molecule has 29 heavy (non-hydrogen) atoms. The number of ketones is 1. The molecular formula is C21H21N3O4S. The van der Waals surface area contributed by atoms with Gasteiger partial charge in [-0.15, -0.1) is 0 Å². The highest BCUT2D eigenvalue weighted by Gasteiger charge is 2.30. The van der Waals surface area contributed by atoms with E-state index in [1.807, 2.05) is 6.08 Å². The number of carbonyl (C=O) groups excluding carboxylic acids is 2. The summed E-state index contributed by atoms with van der Waals surface area (Å²) in [6, 6.07) is 3.39. The van der Waals surface area contributed by atoms with E-state index < -0.39 is 0 Å². The number of Topliss-reactive ketones (excluding diaryl/α,β-unsaturated/α-hetero) is 1. The van der Waals surface area contributed by atoms with Crippen LogP contribution in [0.3, 0.4) is 0 Å². The SMILES string of the molecule is C=Cc1ccc(C(=O)Nc2nc(C3=CCCO3)c(C(=O)C3CCOCC3)s2)cn1. The van der Waals surface area contributed by atoms with Gasteiger partial charge in [-0.2, -0.15) is 0 Å². The molecule has 0 aromatic carbocycles. The van der Waals surface area contributed by atoms with Gasteiger partial charge >= 0.3 is 0 Å². The van der Waals surface area contributed by atoms with E-state index in [2.05, 4.69) is 21.9 Å². The molecule has 0 radical (unpaired) electrons. The summed E-state index contributed by atoms with van der Waals surface area (Å²) in [5, 5.41) is 3.15. The van der Waals surface area contributed by atoms with Crippen molar-refractivity contribution in [2.45, 2.75) is 19.3 Å². The average Bonchev–Trinajstić information content (AvgIpc) is 3.44. The van der Waals surface area contributed by atoms with Crippen molar-refractivity contribution >= 4 is 40.0 Å². The average molecular weight is 411 g/mol. The van der Waals surface area contributed by atoms with Crippen molar-refractivity contribution in [3.63, 3.8) is 0 Å². The van der Waals surface area contributed by atoms with Crippen LogP contribution in [0.2, 0.25) is 0 Å². The molecule has 2 aliphatic heterocycles. The molecule has 1 saturated heterocycles. The zero-order chi connectivity index (χ0) is 20.2. The van der Waals surface area contributed by atoms with Crippen LogP contribution >= 0.6 is 11.3 Å². The maximum absolute atomic E-state index is 13.1. The molecule has 4 rings (SSSR count). The highest BCUT2D eigenvalue weighted by atomic mass is 32.1. The monoisotopic (exact) mass is 411 g/mol. The van der Waals surface area contributed by atoms with E-state index in [4.69, 9.17) is 9.47 Å². The predicted octanol–water partition coefficient (Wildman–Crippen LogP) is 3.80. The Hall–Kier alpha value is -2.84. The van der Waals surface area contributed by atoms with Crippen LogP contribution in [0.25, 0.3) is 11.8 Å². The molecule has 0 aliphatic carbocycles. The minimum Gasteiger partial charge on any atom is -0.491 e. The molecule has 0 saturated carbocycles. The van der Waals surface area contributed by atoms with Gasteiger partial charge in [0.15, 0.2) is 10.9 Å². The van der Waals surface area contributed by atoms with Crippen LogP contribution < -0.4 is 5.32 Å². The quantitative estimate of drug-likeness (QED) is 0.727. The van der Waals surface area contributed by atoms with E-state index in [9.17, 15) is 9.59 Å². The molecule has 1 N–H and O–H groups in total. The standard InChI is InChI=1S/C21H21N3O4S/c1-2-15-6-5-14(12-22-15)20(26)24-21-23-17(16-4-3-9-28-16)19(29-21)18(25)13-7-10-27-11-8-13/h2,4-6,12-13H,1,3,7-11H2,(H,23,24,26). The molecule has 0 spiro atoms. The summed E-state index contributed by atoms with van der Waals surface area (Å²) in [6.45, 7) is 5.39. The Labute approximate surface area is 172 Å². The van der Waals surface area contributed by atoms with Crippen LogP contribution in [0.15, 0.2) is 31.0 Å². The lowest BCUT2D eigenvalue weighted by Gasteiger charge is -2.20. The van der Waals surface area contributed by atoms with Gasteiger partial charge in [0.1, 0.15) is 16.3 Å². The first-order chi connectivity index (χ1) is 14.2. The predicted molar refractivity (Wildman–Crippen MR) is 111 cm³/mol. The third-order valence-corrected chi connectivity index (χ3v) is 5.85. The number of anilines is 1. The van der Waals surface area contributed by atoms with Crippen molar-refractivity contribution in [1.29, 1.82) is 0 Å². The molecule has 1 amide bonds. The minimum atomic E-state index is -0.334. The summed E-state index contributed by atoms with van der Waals surface area (Å²) in [5.41, 5.74) is 1.60. The Morgan fingerprint density at radius 1 is 1.24 bits per heavy atom. The number of hydrogen-bond donors (Lipinski definition) is 1. The molecule has 2 aromatic heterocycles. The molecule has 2 aromatic rings. The van der Waals surface area contributed by atoms with Gasteiger partial charge in [0, 0.05) is 31.7 Å². The first-order valence-corrected chi connectivity index (χ1v) is 10.3. The second-order valence-corrected chi connectivity index (χ2v) is 7.78. The Balaban J connectivity index is 1.59. The topological polar surface area (TPSA) is 90.4 Å². The maximum Gasteiger partial charge on any atom is 0.259 e. The molecule has 0 unspecified atom stereocenters. The van der Waals surface area contributed by atoms with Crippen LogP contribution in [0, 0.1) is 5.92 Å². The van der Waals surface area contributed by atoms with Crippen LogP contribution in [0.5, 0.6) is 0 Å². The van der Waals surface area contributed by atoms with Gasteiger partial charge in [-0.05, 0) is 37.1 Å². The lowest BCUT2D eigenvalue weighted by Crippen LogP contribution is -2.23. The Kier molecular flexibility index (Phi) is 5.82. The first-order valence-electron chi connectivity index (χ1n) is 9.51. The lowest BCUT2D eigenvalue weighted by atomic mass is 9.94. The largest absolute Gasteiger partial charge is 0.491 e. The Morgan fingerprint density at radius 2 is 2.07 bits per heavy atom. The number of ether oxygens (including phenoxy) is 2. The lowest BCUT2D eigenvalue weighted by molar-refractivity contribution is 0.0547. The van der Waals surface area contributed by atoms with E-state index in [1.165, 1.54) is 17.5 Å². The fraction of sp³-hybridized carbons (Fsp3) is 0.333. The van der Waals surface area contributed by atoms with Crippen molar-refractivity contribution in [3.8, 4) is 0 Å². The first kappa shape index (κ1) is 19.5. The summed E-state index contributed by atoms with van der Waals surface area (Å²) in [5.74, 6) is 0.216. The van der Waals surface area contributed by atoms with E-state index >= 15 is 0 Å². The molecule has 8 heteroatoms. The van der Waals surface area contributed by atoms with Crippen molar-refractivity contribution in [2.75, 3.05) is 25.1 Å². The smallest absolute Gasteiger partial charge is 0.259 e. The number of carbonyl (C=O) groups is 2. The van der Waals surface area contributed by atoms with Gasteiger partial charge < -0.3 is 9.47 Å². The molecule has 1 fully saturated rings. The van der Waals surface area contributed by atoms with Gasteiger partial charge in [0.2, 0.25) is 0 Å². The van der Waals surface area contributed by atoms with Gasteiger partial charge in [0.05, 0.1) is 17.9 Å². The number of nitrogens with one attached hydrogen (secondary N) is 1. The van der Waals surface area contributed by atoms with Crippen LogP contribution in [-0.4, -0.2) is 41.5 Å². The third-order valence-electron chi connectivity index (χ3n) is 4.86. The van der Waals surface area contributed by atoms with Crippen molar-refractivity contribution in [1.82, 2.24) is 9.97 Å². The number of hydrogen-bond acceptors (Lipinski definition) is 7. The highest BCUT2D eigenvalue weighted by molar-refractivity contribution is 7.18. The van der Waals surface area contributed by atoms with Gasteiger partial charge in [0.25, 0.3) is 5.91 Å². The van der Waals surface area contributed by atoms with E-state index in [1.54, 1.807) is 18.2 Å². The third kappa shape index (κ3) is 4.28. The number of rotatable bonds is 6. The van der Waals surface area contributed by atoms with E-state index in [0.29, 0.717) is 65.4 Å². The second kappa shape index (κ2) is 8.67. The summed E-state index contributed by atoms with van der Waals surface area (Å²) in [6.07, 6.45) is 7.19. The summed E-state index contributed by atoms with van der Waals surface area (Å²) < 4.78 is 11.0. The summed E-state index contributed by atoms with van der Waals surface area (Å²) in [4.78, 5) is 34.9. The van der Waals surface area contributed by atoms with Crippen molar-refractivity contribution in [3.05, 3.63) is 52.8 Å². The molecule has 0 bridgehead atoms. The van der Waals surface area contributed by atoms with Crippen LogP contribution in [-0.2, 0) is 9.47 Å². The number of amides is 1.